The van der Waals surface area contributed by atoms with Crippen LogP contribution in [0, 0.1) is 5.82 Å². The maximum Gasteiger partial charge on any atom is 0.313 e. The molecule has 2 heterocycles. The predicted octanol–water partition coefficient (Wildman–Crippen LogP) is 4.58. The van der Waals surface area contributed by atoms with Gasteiger partial charge in [0.1, 0.15) is 5.82 Å². The summed E-state index contributed by atoms with van der Waals surface area (Å²) in [6.45, 7) is 0.809. The number of fused-ring (bicyclic) bond motifs is 2. The van der Waals surface area contributed by atoms with E-state index in [2.05, 4.69) is 4.99 Å². The molecule has 8 nitrogen and oxygen atoms in total. The van der Waals surface area contributed by atoms with Gasteiger partial charge in [0, 0.05) is 32.6 Å². The Balaban J connectivity index is 1.70. The van der Waals surface area contributed by atoms with Crippen molar-refractivity contribution in [3.8, 4) is 0 Å². The number of amides is 2. The van der Waals surface area contributed by atoms with Crippen molar-refractivity contribution in [2.24, 2.45) is 4.99 Å². The third-order valence-corrected chi connectivity index (χ3v) is 9.16. The van der Waals surface area contributed by atoms with Crippen molar-refractivity contribution in [1.82, 2.24) is 4.90 Å². The third kappa shape index (κ3) is 4.79. The van der Waals surface area contributed by atoms with Gasteiger partial charge in [-0.15, -0.1) is 0 Å². The molecule has 0 unspecified atom stereocenters. The number of Topliss-reactive ketones (excluding diaryl/α,β-unsaturated/α-hetero) is 1. The summed E-state index contributed by atoms with van der Waals surface area (Å²) >= 11 is 12.3. The van der Waals surface area contributed by atoms with E-state index in [1.54, 1.807) is 24.3 Å². The predicted molar refractivity (Wildman–Crippen MR) is 160 cm³/mol. The van der Waals surface area contributed by atoms with Crippen LogP contribution in [0.1, 0.15) is 44.3 Å². The largest absolute Gasteiger partial charge is 0.453 e. The summed E-state index contributed by atoms with van der Waals surface area (Å²) in [5, 5.41) is 1.11. The van der Waals surface area contributed by atoms with Crippen LogP contribution in [0.2, 0.25) is 10.0 Å². The van der Waals surface area contributed by atoms with Crippen LogP contribution in [0.25, 0.3) is 5.76 Å². The van der Waals surface area contributed by atoms with Gasteiger partial charge in [-0.3, -0.25) is 19.3 Å². The fourth-order valence-corrected chi connectivity index (χ4v) is 6.84. The van der Waals surface area contributed by atoms with Gasteiger partial charge in [-0.2, -0.15) is 0 Å². The van der Waals surface area contributed by atoms with Crippen molar-refractivity contribution >= 4 is 56.4 Å². The highest BCUT2D eigenvalue weighted by atomic mass is 35.5. The Morgan fingerprint density at radius 1 is 0.977 bits per heavy atom. The van der Waals surface area contributed by atoms with Crippen molar-refractivity contribution in [3.63, 3.8) is 0 Å². The molecule has 2 aliphatic rings. The number of benzene rings is 4. The van der Waals surface area contributed by atoms with Gasteiger partial charge in [-0.25, -0.2) is 17.8 Å². The fraction of sp³-hybridized carbons (Fsp3) is 0.125. The van der Waals surface area contributed by atoms with Crippen LogP contribution in [0.3, 0.4) is 0 Å². The molecule has 0 saturated carbocycles. The molecular formula is C32H21Cl2FN2O6S. The minimum absolute atomic E-state index is 0.0604. The summed E-state index contributed by atoms with van der Waals surface area (Å²) in [7, 11) is -3.86. The monoisotopic (exact) mass is 650 g/mol. The zero-order valence-corrected chi connectivity index (χ0v) is 25.4. The molecule has 2 amide bonds. The standard InChI is InChI=1S/C32H21Cl2FN2O6S/c1-17(38)19-13-24-28(25(35)14-19)32(20-8-11-21(33)12-9-20,43-29-23-5-3-4-6-26(23)36-30(29)39)37(31(24)40)16-18-7-10-22(34)15-27(18)44(2,41)42/h3-15H,16H2,1-2H3/t32-/m1/s1. The molecule has 0 radical (unpaired) electrons. The number of carbonyl (C=O) groups is 3. The van der Waals surface area contributed by atoms with E-state index < -0.39 is 45.5 Å². The van der Waals surface area contributed by atoms with Gasteiger partial charge in [0.05, 0.1) is 27.9 Å². The first-order valence-electron chi connectivity index (χ1n) is 13.1. The molecule has 4 aromatic rings. The van der Waals surface area contributed by atoms with E-state index in [0.29, 0.717) is 15.6 Å². The van der Waals surface area contributed by atoms with Crippen molar-refractivity contribution < 1.29 is 31.9 Å². The number of hydrogen-bond donors (Lipinski definition) is 0. The number of hydrogen-bond acceptors (Lipinski definition) is 6. The van der Waals surface area contributed by atoms with Gasteiger partial charge in [0.25, 0.3) is 5.91 Å². The van der Waals surface area contributed by atoms with Crippen LogP contribution < -0.4 is 10.6 Å². The number of para-hydroxylation sites is 1. The summed E-state index contributed by atoms with van der Waals surface area (Å²) in [6.07, 6.45) is 0.996. The molecule has 0 aromatic heterocycles. The molecule has 12 heteroatoms. The number of rotatable bonds is 7. The second kappa shape index (κ2) is 10.7. The topological polar surface area (TPSA) is 110 Å². The lowest BCUT2D eigenvalue weighted by molar-refractivity contribution is -0.119. The molecule has 0 saturated heterocycles. The molecule has 44 heavy (non-hydrogen) atoms. The van der Waals surface area contributed by atoms with Crippen LogP contribution in [-0.2, 0) is 31.6 Å². The number of carbonyl (C=O) groups excluding carboxylic acids is 3. The first-order valence-corrected chi connectivity index (χ1v) is 15.8. The summed E-state index contributed by atoms with van der Waals surface area (Å²) < 4.78 is 48.6. The van der Waals surface area contributed by atoms with E-state index in [1.807, 2.05) is 0 Å². The minimum atomic E-state index is -3.86. The highest BCUT2D eigenvalue weighted by Crippen LogP contribution is 2.49. The molecule has 4 aromatic carbocycles. The molecule has 0 fully saturated rings. The summed E-state index contributed by atoms with van der Waals surface area (Å²) in [6, 6.07) is 19.0. The first kappa shape index (κ1) is 29.7. The lowest BCUT2D eigenvalue weighted by Crippen LogP contribution is -2.47. The average Bonchev–Trinajstić information content (AvgIpc) is 3.41. The molecule has 0 spiro atoms. The van der Waals surface area contributed by atoms with Gasteiger partial charge >= 0.3 is 5.91 Å². The van der Waals surface area contributed by atoms with Crippen molar-refractivity contribution in [3.05, 3.63) is 133 Å². The number of ketones is 1. The van der Waals surface area contributed by atoms with Gasteiger partial charge in [-0.1, -0.05) is 53.5 Å². The van der Waals surface area contributed by atoms with Crippen molar-refractivity contribution in [2.75, 3.05) is 6.26 Å². The van der Waals surface area contributed by atoms with Crippen molar-refractivity contribution in [2.45, 2.75) is 24.1 Å². The Hall–Kier alpha value is -4.38. The van der Waals surface area contributed by atoms with Gasteiger partial charge in [0.2, 0.25) is 5.72 Å². The molecule has 0 aliphatic carbocycles. The number of nitrogens with zero attached hydrogens (tertiary/aromatic N) is 2. The fourth-order valence-electron chi connectivity index (χ4n) is 5.53. The minimum Gasteiger partial charge on any atom is -0.453 e. The zero-order chi connectivity index (χ0) is 31.6. The van der Waals surface area contributed by atoms with Gasteiger partial charge in [0.15, 0.2) is 21.4 Å². The van der Waals surface area contributed by atoms with E-state index in [9.17, 15) is 22.8 Å². The van der Waals surface area contributed by atoms with Crippen LogP contribution in [0.5, 0.6) is 0 Å². The molecule has 0 bridgehead atoms. The summed E-state index contributed by atoms with van der Waals surface area (Å²) in [5.74, 6) is -3.22. The van der Waals surface area contributed by atoms with E-state index >= 15 is 4.39 Å². The number of sulfone groups is 1. The quantitative estimate of drug-likeness (QED) is 0.271. The lowest BCUT2D eigenvalue weighted by atomic mass is 9.91. The third-order valence-electron chi connectivity index (χ3n) is 7.50. The van der Waals surface area contributed by atoms with E-state index in [-0.39, 0.29) is 43.5 Å². The Morgan fingerprint density at radius 2 is 1.66 bits per heavy atom. The first-order chi connectivity index (χ1) is 20.8. The van der Waals surface area contributed by atoms with Crippen molar-refractivity contribution in [1.29, 1.82) is 0 Å². The Labute approximate surface area is 260 Å². The maximum atomic E-state index is 16.4. The van der Waals surface area contributed by atoms with E-state index in [0.717, 1.165) is 17.2 Å². The molecular weight excluding hydrogens is 630 g/mol. The van der Waals surface area contributed by atoms with Crippen LogP contribution in [-0.4, -0.2) is 37.2 Å². The molecule has 2 aliphatic heterocycles. The SMILES string of the molecule is CC(=O)c1cc(F)c2c(c1)C(=O)N(Cc1ccc(Cl)cc1S(C)(=O)=O)[C@@]2(OC1=c2ccccc2=NC1=O)c1ccc(Cl)cc1. The normalized spacial score (nSPS) is 17.4. The molecule has 6 rings (SSSR count). The van der Waals surface area contributed by atoms with Crippen LogP contribution in [0.4, 0.5) is 4.39 Å². The van der Waals surface area contributed by atoms with E-state index in [4.69, 9.17) is 27.9 Å². The molecule has 222 valence electrons. The lowest BCUT2D eigenvalue weighted by Gasteiger charge is -2.40. The van der Waals surface area contributed by atoms with Crippen LogP contribution in [0.15, 0.2) is 88.8 Å². The highest BCUT2D eigenvalue weighted by molar-refractivity contribution is 7.90. The number of ether oxygens (including phenoxy) is 1. The number of halogens is 3. The second-order valence-corrected chi connectivity index (χ2v) is 13.2. The Bertz CT molecular complexity index is 2170. The second-order valence-electron chi connectivity index (χ2n) is 10.4. The zero-order valence-electron chi connectivity index (χ0n) is 23.1. The van der Waals surface area contributed by atoms with Gasteiger partial charge < -0.3 is 4.74 Å². The Morgan fingerprint density at radius 3 is 2.34 bits per heavy atom. The highest BCUT2D eigenvalue weighted by Gasteiger charge is 2.56. The molecule has 1 atom stereocenters. The summed E-state index contributed by atoms with van der Waals surface area (Å²) in [4.78, 5) is 45.0. The summed E-state index contributed by atoms with van der Waals surface area (Å²) in [5.41, 5.74) is -2.36. The Kier molecular flexibility index (Phi) is 7.19. The maximum absolute atomic E-state index is 16.4. The van der Waals surface area contributed by atoms with E-state index in [1.165, 1.54) is 55.5 Å². The average molecular weight is 651 g/mol. The van der Waals surface area contributed by atoms with Crippen LogP contribution >= 0.6 is 23.2 Å². The molecule has 0 N–H and O–H groups in total. The van der Waals surface area contributed by atoms with Gasteiger partial charge in [-0.05, 0) is 61.0 Å². The smallest absolute Gasteiger partial charge is 0.313 e.